The van der Waals surface area contributed by atoms with Crippen LogP contribution in [0.15, 0.2) is 29.3 Å². The summed E-state index contributed by atoms with van der Waals surface area (Å²) < 4.78 is 0. The molecule has 25 heavy (non-hydrogen) atoms. The third kappa shape index (κ3) is 5.89. The highest BCUT2D eigenvalue weighted by Crippen LogP contribution is 2.26. The summed E-state index contributed by atoms with van der Waals surface area (Å²) in [4.78, 5) is 9.02. The lowest BCUT2D eigenvalue weighted by Gasteiger charge is -2.37. The summed E-state index contributed by atoms with van der Waals surface area (Å²) in [5.74, 6) is 0.588. The van der Waals surface area contributed by atoms with Crippen LogP contribution in [-0.2, 0) is 0 Å². The largest absolute Gasteiger partial charge is 0.396 e. The first-order chi connectivity index (χ1) is 11.5. The van der Waals surface area contributed by atoms with Crippen LogP contribution in [0, 0.1) is 5.41 Å². The zero-order valence-corrected chi connectivity index (χ0v) is 18.2. The Morgan fingerprint density at radius 1 is 1.16 bits per heavy atom. The molecule has 0 aromatic heterocycles. The number of hydrogen-bond acceptors (Lipinski definition) is 3. The molecular weight excluding hydrogens is 451 g/mol. The van der Waals surface area contributed by atoms with Gasteiger partial charge < -0.3 is 20.6 Å². The molecule has 0 aliphatic carbocycles. The molecule has 1 aliphatic rings. The van der Waals surface area contributed by atoms with Crippen LogP contribution >= 0.6 is 35.6 Å². The normalized spacial score (nSPS) is 15.9. The van der Waals surface area contributed by atoms with E-state index >= 15 is 0 Å². The van der Waals surface area contributed by atoms with E-state index in [0.29, 0.717) is 12.5 Å². The highest BCUT2D eigenvalue weighted by Gasteiger charge is 2.26. The Labute approximate surface area is 173 Å². The summed E-state index contributed by atoms with van der Waals surface area (Å²) in [6, 6.07) is 7.94. The van der Waals surface area contributed by atoms with E-state index < -0.39 is 0 Å². The van der Waals surface area contributed by atoms with Crippen LogP contribution in [0.5, 0.6) is 0 Å². The van der Waals surface area contributed by atoms with Crippen LogP contribution in [0.3, 0.4) is 0 Å². The first-order valence-electron chi connectivity index (χ1n) is 8.70. The van der Waals surface area contributed by atoms with Gasteiger partial charge in [0.2, 0.25) is 0 Å². The molecular formula is C18H30ClIN4O. The lowest BCUT2D eigenvalue weighted by molar-refractivity contribution is 0.123. The summed E-state index contributed by atoms with van der Waals surface area (Å²) in [6.45, 7) is 8.44. The average Bonchev–Trinajstić information content (AvgIpc) is 2.64. The van der Waals surface area contributed by atoms with Crippen LogP contribution in [-0.4, -0.2) is 55.3 Å². The molecule has 1 aliphatic heterocycles. The predicted octanol–water partition coefficient (Wildman–Crippen LogP) is 3.19. The van der Waals surface area contributed by atoms with E-state index in [9.17, 15) is 5.11 Å². The van der Waals surface area contributed by atoms with Gasteiger partial charge in [-0.05, 0) is 37.1 Å². The molecule has 0 amide bonds. The molecule has 0 saturated carbocycles. The van der Waals surface area contributed by atoms with Gasteiger partial charge in [-0.3, -0.25) is 4.99 Å². The topological polar surface area (TPSA) is 65.1 Å². The number of nitrogens with two attached hydrogens (primary N) is 1. The molecule has 0 atom stereocenters. The van der Waals surface area contributed by atoms with Crippen molar-refractivity contribution in [1.29, 1.82) is 0 Å². The van der Waals surface area contributed by atoms with E-state index in [2.05, 4.69) is 28.6 Å². The van der Waals surface area contributed by atoms with Gasteiger partial charge in [-0.25, -0.2) is 0 Å². The molecule has 1 fully saturated rings. The average molecular weight is 481 g/mol. The Kier molecular flexibility index (Phi) is 9.30. The third-order valence-corrected chi connectivity index (χ3v) is 5.46. The van der Waals surface area contributed by atoms with Crippen molar-refractivity contribution in [3.63, 3.8) is 0 Å². The van der Waals surface area contributed by atoms with Gasteiger partial charge in [0.05, 0.1) is 13.2 Å². The highest BCUT2D eigenvalue weighted by atomic mass is 127. The highest BCUT2D eigenvalue weighted by molar-refractivity contribution is 14.0. The van der Waals surface area contributed by atoms with Crippen molar-refractivity contribution in [2.45, 2.75) is 26.7 Å². The van der Waals surface area contributed by atoms with E-state index in [-0.39, 0.29) is 36.0 Å². The molecule has 1 heterocycles. The molecule has 3 N–H and O–H groups in total. The van der Waals surface area contributed by atoms with Crippen molar-refractivity contribution in [2.75, 3.05) is 44.2 Å². The van der Waals surface area contributed by atoms with E-state index in [4.69, 9.17) is 17.3 Å². The number of aliphatic imine (C=N–C) groups is 1. The Bertz CT molecular complexity index is 532. The second-order valence-corrected chi connectivity index (χ2v) is 6.93. The quantitative estimate of drug-likeness (QED) is 0.373. The summed E-state index contributed by atoms with van der Waals surface area (Å²) in [7, 11) is 0. The molecule has 5 nitrogen and oxygen atoms in total. The number of nitrogens with zero attached hydrogens (tertiary/aromatic N) is 3. The van der Waals surface area contributed by atoms with Crippen molar-refractivity contribution >= 4 is 47.2 Å². The number of piperazine rings is 1. The van der Waals surface area contributed by atoms with Crippen molar-refractivity contribution < 1.29 is 5.11 Å². The van der Waals surface area contributed by atoms with Gasteiger partial charge in [0.15, 0.2) is 5.96 Å². The van der Waals surface area contributed by atoms with Gasteiger partial charge in [0, 0.05) is 42.3 Å². The smallest absolute Gasteiger partial charge is 0.191 e. The second kappa shape index (κ2) is 10.4. The van der Waals surface area contributed by atoms with E-state index in [1.807, 2.05) is 24.3 Å². The molecule has 0 unspecified atom stereocenters. The van der Waals surface area contributed by atoms with Gasteiger partial charge in [-0.1, -0.05) is 25.4 Å². The minimum atomic E-state index is -0.143. The fraction of sp³-hybridized carbons (Fsp3) is 0.611. The van der Waals surface area contributed by atoms with Gasteiger partial charge >= 0.3 is 0 Å². The van der Waals surface area contributed by atoms with Crippen LogP contribution in [0.4, 0.5) is 5.69 Å². The summed E-state index contributed by atoms with van der Waals surface area (Å²) in [5.41, 5.74) is 7.22. The Balaban J connectivity index is 0.00000312. The maximum atomic E-state index is 9.64. The van der Waals surface area contributed by atoms with Gasteiger partial charge in [0.1, 0.15) is 0 Å². The van der Waals surface area contributed by atoms with E-state index in [1.54, 1.807) is 0 Å². The number of aliphatic hydroxyl groups is 1. The molecule has 1 aromatic carbocycles. The molecule has 0 bridgehead atoms. The fourth-order valence-corrected chi connectivity index (χ4v) is 3.07. The summed E-state index contributed by atoms with van der Waals surface area (Å²) in [6.07, 6.45) is 1.81. The third-order valence-electron chi connectivity index (χ3n) is 5.21. The molecule has 142 valence electrons. The van der Waals surface area contributed by atoms with Crippen LogP contribution < -0.4 is 10.6 Å². The first kappa shape index (κ1) is 22.3. The molecule has 0 spiro atoms. The Hall–Kier alpha value is -0.730. The van der Waals surface area contributed by atoms with Gasteiger partial charge in [-0.2, -0.15) is 0 Å². The predicted molar refractivity (Wildman–Crippen MR) is 117 cm³/mol. The maximum Gasteiger partial charge on any atom is 0.191 e. The van der Waals surface area contributed by atoms with E-state index in [1.165, 1.54) is 5.69 Å². The van der Waals surface area contributed by atoms with Crippen molar-refractivity contribution in [3.8, 4) is 0 Å². The lowest BCUT2D eigenvalue weighted by Crippen LogP contribution is -2.51. The number of anilines is 1. The number of aliphatic hydroxyl groups excluding tert-OH is 1. The molecule has 0 radical (unpaired) electrons. The number of rotatable bonds is 6. The minimum absolute atomic E-state index is 0. The SMILES string of the molecule is CCC(CC)(CO)CN=C(N)N1CCN(c2ccc(Cl)cc2)CC1.I. The Morgan fingerprint density at radius 3 is 2.20 bits per heavy atom. The summed E-state index contributed by atoms with van der Waals surface area (Å²) >= 11 is 5.95. The van der Waals surface area contributed by atoms with Crippen molar-refractivity contribution in [3.05, 3.63) is 29.3 Å². The zero-order chi connectivity index (χ0) is 17.6. The van der Waals surface area contributed by atoms with Crippen LogP contribution in [0.25, 0.3) is 0 Å². The lowest BCUT2D eigenvalue weighted by atomic mass is 9.83. The monoisotopic (exact) mass is 480 g/mol. The van der Waals surface area contributed by atoms with Crippen LogP contribution in [0.1, 0.15) is 26.7 Å². The number of hydrogen-bond donors (Lipinski definition) is 2. The van der Waals surface area contributed by atoms with Gasteiger partial charge in [-0.15, -0.1) is 24.0 Å². The number of benzene rings is 1. The zero-order valence-electron chi connectivity index (χ0n) is 15.1. The standard InChI is InChI=1S/C18H29ClN4O.HI/c1-3-18(4-2,14-24)13-21-17(20)23-11-9-22(10-12-23)16-7-5-15(19)6-8-16;/h5-8,24H,3-4,9-14H2,1-2H3,(H2,20,21);1H. The van der Waals surface area contributed by atoms with Crippen molar-refractivity contribution in [2.24, 2.45) is 16.1 Å². The maximum absolute atomic E-state index is 9.64. The minimum Gasteiger partial charge on any atom is -0.396 e. The van der Waals surface area contributed by atoms with E-state index in [0.717, 1.165) is 44.0 Å². The second-order valence-electron chi connectivity index (χ2n) is 6.49. The molecule has 1 aromatic rings. The fourth-order valence-electron chi connectivity index (χ4n) is 2.94. The number of halogens is 2. The number of guanidine groups is 1. The Morgan fingerprint density at radius 2 is 1.72 bits per heavy atom. The summed E-state index contributed by atoms with van der Waals surface area (Å²) in [5, 5.41) is 10.4. The van der Waals surface area contributed by atoms with Crippen LogP contribution in [0.2, 0.25) is 5.02 Å². The van der Waals surface area contributed by atoms with Crippen molar-refractivity contribution in [1.82, 2.24) is 4.90 Å². The first-order valence-corrected chi connectivity index (χ1v) is 9.07. The molecule has 2 rings (SSSR count). The molecule has 1 saturated heterocycles. The molecule has 7 heteroatoms. The van der Waals surface area contributed by atoms with Gasteiger partial charge in [0.25, 0.3) is 0 Å².